The fraction of sp³-hybridized carbons (Fsp3) is 0.700. The van der Waals surface area contributed by atoms with Crippen LogP contribution in [0.3, 0.4) is 0 Å². The molecule has 1 atom stereocenters. The van der Waals surface area contributed by atoms with Crippen LogP contribution in [0.2, 0.25) is 0 Å². The highest BCUT2D eigenvalue weighted by Crippen LogP contribution is 2.31. The lowest BCUT2D eigenvalue weighted by molar-refractivity contribution is 0.336. The van der Waals surface area contributed by atoms with Crippen molar-refractivity contribution in [2.45, 2.75) is 40.2 Å². The van der Waals surface area contributed by atoms with Crippen molar-refractivity contribution in [1.82, 2.24) is 5.32 Å². The second-order valence-corrected chi connectivity index (χ2v) is 4.78. The Labute approximate surface area is 85.1 Å². The predicted molar refractivity (Wildman–Crippen MR) is 58.0 cm³/mol. The molecule has 2 nitrogen and oxygen atoms in total. The van der Waals surface area contributed by atoms with E-state index in [0.717, 1.165) is 17.2 Å². The Morgan fingerprint density at radius 1 is 1.54 bits per heavy atom. The van der Waals surface area contributed by atoms with Gasteiger partial charge in [-0.25, -0.2) is 4.99 Å². The molecule has 0 bridgehead atoms. The Morgan fingerprint density at radius 2 is 2.15 bits per heavy atom. The summed E-state index contributed by atoms with van der Waals surface area (Å²) in [6, 6.07) is 0.196. The van der Waals surface area contributed by atoms with Gasteiger partial charge >= 0.3 is 0 Å². The van der Waals surface area contributed by atoms with Crippen molar-refractivity contribution in [3.63, 3.8) is 0 Å². The first-order chi connectivity index (χ1) is 5.96. The molecule has 1 heterocycles. The van der Waals surface area contributed by atoms with E-state index in [0.29, 0.717) is 0 Å². The van der Waals surface area contributed by atoms with Crippen LogP contribution in [-0.2, 0) is 0 Å². The molecule has 3 heteroatoms. The molecule has 0 spiro atoms. The van der Waals surface area contributed by atoms with Crippen molar-refractivity contribution in [1.29, 1.82) is 0 Å². The summed E-state index contributed by atoms with van der Waals surface area (Å²) in [5, 5.41) is 4.05. The number of allylic oxidation sites excluding steroid dienone is 1. The molecule has 1 aliphatic heterocycles. The number of halogens is 1. The molecule has 0 aliphatic carbocycles. The van der Waals surface area contributed by atoms with Crippen LogP contribution in [0, 0.1) is 5.41 Å². The number of nitrogens with zero attached hydrogens (tertiary/aromatic N) is 1. The summed E-state index contributed by atoms with van der Waals surface area (Å²) in [5.74, 6) is 0. The third kappa shape index (κ3) is 2.25. The molecule has 1 unspecified atom stereocenters. The Hall–Kier alpha value is -0.500. The lowest BCUT2D eigenvalue weighted by atomic mass is 9.85. The van der Waals surface area contributed by atoms with Crippen molar-refractivity contribution < 1.29 is 0 Å². The van der Waals surface area contributed by atoms with Crippen molar-refractivity contribution in [3.05, 3.63) is 10.7 Å². The fourth-order valence-corrected chi connectivity index (χ4v) is 1.95. The number of nitrogens with one attached hydrogen (secondary N) is 1. The van der Waals surface area contributed by atoms with Gasteiger partial charge < -0.3 is 5.32 Å². The fourth-order valence-electron chi connectivity index (χ4n) is 1.38. The van der Waals surface area contributed by atoms with Crippen molar-refractivity contribution in [2.75, 3.05) is 0 Å². The molecule has 0 aromatic rings. The van der Waals surface area contributed by atoms with Crippen LogP contribution in [0.5, 0.6) is 0 Å². The summed E-state index contributed by atoms with van der Waals surface area (Å²) in [5.41, 5.74) is 1.13. The van der Waals surface area contributed by atoms with E-state index in [1.807, 2.05) is 0 Å². The van der Waals surface area contributed by atoms with Gasteiger partial charge in [-0.1, -0.05) is 39.3 Å². The maximum atomic E-state index is 6.24. The molecule has 0 fully saturated rings. The molecule has 0 amide bonds. The van der Waals surface area contributed by atoms with Crippen molar-refractivity contribution in [2.24, 2.45) is 10.4 Å². The predicted octanol–water partition coefficient (Wildman–Crippen LogP) is 2.89. The first kappa shape index (κ1) is 10.6. The third-order valence-electron chi connectivity index (χ3n) is 2.19. The Bertz CT molecular complexity index is 248. The van der Waals surface area contributed by atoms with Gasteiger partial charge in [0.1, 0.15) is 0 Å². The van der Waals surface area contributed by atoms with E-state index < -0.39 is 0 Å². The van der Waals surface area contributed by atoms with Gasteiger partial charge in [0.05, 0.1) is 23.1 Å². The molecule has 0 saturated heterocycles. The minimum absolute atomic E-state index is 0.129. The summed E-state index contributed by atoms with van der Waals surface area (Å²) in [4.78, 5) is 4.20. The highest BCUT2D eigenvalue weighted by molar-refractivity contribution is 6.31. The Morgan fingerprint density at radius 3 is 2.62 bits per heavy atom. The first-order valence-electron chi connectivity index (χ1n) is 4.64. The smallest absolute Gasteiger partial charge is 0.0888 e. The van der Waals surface area contributed by atoms with Crippen molar-refractivity contribution in [3.8, 4) is 0 Å². The lowest BCUT2D eigenvalue weighted by Gasteiger charge is -2.33. The number of hydrogen-bond donors (Lipinski definition) is 1. The molecule has 1 N–H and O–H groups in total. The summed E-state index contributed by atoms with van der Waals surface area (Å²) in [6.07, 6.45) is 2.64. The van der Waals surface area contributed by atoms with E-state index in [9.17, 15) is 0 Å². The van der Waals surface area contributed by atoms with Gasteiger partial charge in [-0.05, 0) is 11.8 Å². The van der Waals surface area contributed by atoms with E-state index in [1.165, 1.54) is 0 Å². The second kappa shape index (κ2) is 3.70. The highest BCUT2D eigenvalue weighted by Gasteiger charge is 2.29. The quantitative estimate of drug-likeness (QED) is 0.692. The molecule has 1 rings (SSSR count). The standard InChI is InChI=1S/C10H17ClN2/c1-5-7-8(11)9(10(2,3)4)13-6-12-7/h6,9H,5H2,1-4H3,(H,12,13). The first-order valence-corrected chi connectivity index (χ1v) is 5.01. The molecular weight excluding hydrogens is 184 g/mol. The minimum Gasteiger partial charge on any atom is -0.368 e. The topological polar surface area (TPSA) is 24.4 Å². The maximum absolute atomic E-state index is 6.24. The molecule has 13 heavy (non-hydrogen) atoms. The lowest BCUT2D eigenvalue weighted by Crippen LogP contribution is -2.42. The maximum Gasteiger partial charge on any atom is 0.0888 e. The van der Waals surface area contributed by atoms with Crippen LogP contribution >= 0.6 is 11.6 Å². The molecule has 74 valence electrons. The van der Waals surface area contributed by atoms with Gasteiger partial charge in [-0.2, -0.15) is 0 Å². The van der Waals surface area contributed by atoms with Gasteiger partial charge in [0.15, 0.2) is 0 Å². The molecule has 0 saturated carbocycles. The molecule has 0 aromatic carbocycles. The minimum atomic E-state index is 0.129. The van der Waals surface area contributed by atoms with Gasteiger partial charge in [0.2, 0.25) is 0 Å². The summed E-state index contributed by atoms with van der Waals surface area (Å²) in [7, 11) is 0. The number of hydrogen-bond acceptors (Lipinski definition) is 2. The zero-order valence-electron chi connectivity index (χ0n) is 8.69. The van der Waals surface area contributed by atoms with Crippen LogP contribution in [0.1, 0.15) is 34.1 Å². The van der Waals surface area contributed by atoms with E-state index in [2.05, 4.69) is 38.0 Å². The number of aliphatic imine (C=N–C) groups is 1. The van der Waals surface area contributed by atoms with E-state index >= 15 is 0 Å². The monoisotopic (exact) mass is 200 g/mol. The molecule has 0 aromatic heterocycles. The average Bonchev–Trinajstić information content (AvgIpc) is 2.02. The van der Waals surface area contributed by atoms with E-state index in [1.54, 1.807) is 6.34 Å². The summed E-state index contributed by atoms with van der Waals surface area (Å²) < 4.78 is 0. The molecule has 0 radical (unpaired) electrons. The van der Waals surface area contributed by atoms with Gasteiger partial charge in [0, 0.05) is 0 Å². The van der Waals surface area contributed by atoms with Crippen molar-refractivity contribution >= 4 is 17.9 Å². The third-order valence-corrected chi connectivity index (χ3v) is 2.63. The largest absolute Gasteiger partial charge is 0.368 e. The van der Waals surface area contributed by atoms with Crippen LogP contribution in [0.15, 0.2) is 15.7 Å². The number of rotatable bonds is 1. The van der Waals surface area contributed by atoms with E-state index in [-0.39, 0.29) is 11.5 Å². The zero-order chi connectivity index (χ0) is 10.1. The second-order valence-electron chi connectivity index (χ2n) is 4.37. The zero-order valence-corrected chi connectivity index (χ0v) is 9.44. The molecule has 1 aliphatic rings. The van der Waals surface area contributed by atoms with E-state index in [4.69, 9.17) is 11.6 Å². The Balaban J connectivity index is 2.93. The van der Waals surface area contributed by atoms with Gasteiger partial charge in [-0.3, -0.25) is 0 Å². The Kier molecular flexibility index (Phi) is 3.01. The SMILES string of the molecule is CCC1=C(Cl)C(C(C)(C)C)NC=N1. The molecular formula is C10H17ClN2. The average molecular weight is 201 g/mol. The summed E-state index contributed by atoms with van der Waals surface area (Å²) in [6.45, 7) is 8.57. The highest BCUT2D eigenvalue weighted by atomic mass is 35.5. The van der Waals surface area contributed by atoms with Gasteiger partial charge in [0.25, 0.3) is 0 Å². The van der Waals surface area contributed by atoms with Crippen LogP contribution < -0.4 is 5.32 Å². The summed E-state index contributed by atoms with van der Waals surface area (Å²) >= 11 is 6.24. The normalized spacial score (nSPS) is 23.3. The van der Waals surface area contributed by atoms with Crippen LogP contribution in [-0.4, -0.2) is 12.4 Å². The van der Waals surface area contributed by atoms with Gasteiger partial charge in [-0.15, -0.1) is 0 Å². The van der Waals surface area contributed by atoms with Crippen LogP contribution in [0.4, 0.5) is 0 Å². The van der Waals surface area contributed by atoms with Crippen LogP contribution in [0.25, 0.3) is 0 Å².